The normalized spacial score (nSPS) is 18.8. The summed E-state index contributed by atoms with van der Waals surface area (Å²) in [6, 6.07) is 21.8. The van der Waals surface area contributed by atoms with Gasteiger partial charge in [0.05, 0.1) is 17.1 Å². The van der Waals surface area contributed by atoms with Crippen LogP contribution in [0.2, 0.25) is 0 Å². The summed E-state index contributed by atoms with van der Waals surface area (Å²) in [5.41, 5.74) is 2.95. The number of hydrogen-bond donors (Lipinski definition) is 1. The van der Waals surface area contributed by atoms with Crippen molar-refractivity contribution >= 4 is 35.3 Å². The second kappa shape index (κ2) is 11.3. The minimum atomic E-state index is -0.322. The molecule has 3 aromatic carbocycles. The number of carbonyl (C=O) groups is 2. The Labute approximate surface area is 221 Å². The number of likely N-dealkylation sites (N-methyl/N-ethyl adjacent to an activating group) is 1. The standard InChI is InChI=1S/C30H30FN3O2S/c1-2-33-16-6-9-25(33)19-32-29(35)23-12-15-27-26(18-23)34(20-22-10-13-24(31)14-11-22)30(36)28(37-27)17-21-7-4-3-5-8-21/h3-5,7-8,10-15,17-18,25H,2,6,9,16,19-20H2,1H3,(H,32,35)/b28-17-. The van der Waals surface area contributed by atoms with E-state index in [1.54, 1.807) is 23.1 Å². The highest BCUT2D eigenvalue weighted by Gasteiger charge is 2.30. The second-order valence-electron chi connectivity index (χ2n) is 9.36. The van der Waals surface area contributed by atoms with Crippen molar-refractivity contribution in [1.29, 1.82) is 0 Å². The van der Waals surface area contributed by atoms with Crippen LogP contribution in [0.3, 0.4) is 0 Å². The fraction of sp³-hybridized carbons (Fsp3) is 0.267. The minimum Gasteiger partial charge on any atom is -0.350 e. The summed E-state index contributed by atoms with van der Waals surface area (Å²) < 4.78 is 13.5. The van der Waals surface area contributed by atoms with E-state index >= 15 is 0 Å². The zero-order chi connectivity index (χ0) is 25.8. The number of carbonyl (C=O) groups excluding carboxylic acids is 2. The highest BCUT2D eigenvalue weighted by molar-refractivity contribution is 8.04. The van der Waals surface area contributed by atoms with E-state index in [1.807, 2.05) is 48.5 Å². The van der Waals surface area contributed by atoms with Crippen LogP contribution in [-0.4, -0.2) is 42.4 Å². The van der Waals surface area contributed by atoms with Crippen molar-refractivity contribution in [2.75, 3.05) is 24.5 Å². The Bertz CT molecular complexity index is 1310. The number of rotatable bonds is 7. The molecule has 0 radical (unpaired) electrons. The van der Waals surface area contributed by atoms with Crippen molar-refractivity contribution in [1.82, 2.24) is 10.2 Å². The van der Waals surface area contributed by atoms with Crippen molar-refractivity contribution in [3.8, 4) is 0 Å². The maximum atomic E-state index is 13.7. The molecule has 0 saturated carbocycles. The van der Waals surface area contributed by atoms with Gasteiger partial charge in [-0.05, 0) is 73.5 Å². The molecule has 190 valence electrons. The minimum absolute atomic E-state index is 0.143. The van der Waals surface area contributed by atoms with Crippen molar-refractivity contribution in [3.63, 3.8) is 0 Å². The van der Waals surface area contributed by atoms with E-state index in [9.17, 15) is 14.0 Å². The van der Waals surface area contributed by atoms with Crippen molar-refractivity contribution in [2.45, 2.75) is 37.2 Å². The molecule has 1 fully saturated rings. The fourth-order valence-electron chi connectivity index (χ4n) is 4.94. The van der Waals surface area contributed by atoms with E-state index in [0.29, 0.717) is 28.7 Å². The smallest absolute Gasteiger partial charge is 0.265 e. The molecule has 37 heavy (non-hydrogen) atoms. The molecule has 5 rings (SSSR count). The van der Waals surface area contributed by atoms with E-state index in [2.05, 4.69) is 17.1 Å². The maximum absolute atomic E-state index is 13.7. The van der Waals surface area contributed by atoms with Gasteiger partial charge in [0, 0.05) is 23.0 Å². The molecular formula is C30H30FN3O2S. The van der Waals surface area contributed by atoms with Crippen LogP contribution in [-0.2, 0) is 11.3 Å². The van der Waals surface area contributed by atoms with Gasteiger partial charge in [0.2, 0.25) is 0 Å². The number of thioether (sulfide) groups is 1. The predicted molar refractivity (Wildman–Crippen MR) is 147 cm³/mol. The number of anilines is 1. The number of amides is 2. The van der Waals surface area contributed by atoms with Gasteiger partial charge < -0.3 is 10.2 Å². The summed E-state index contributed by atoms with van der Waals surface area (Å²) in [6.07, 6.45) is 4.13. The van der Waals surface area contributed by atoms with Gasteiger partial charge in [0.15, 0.2) is 0 Å². The molecule has 7 heteroatoms. The Morgan fingerprint density at radius 2 is 1.89 bits per heavy atom. The molecule has 2 amide bonds. The van der Waals surface area contributed by atoms with Crippen LogP contribution in [0, 0.1) is 5.82 Å². The third kappa shape index (κ3) is 5.78. The van der Waals surface area contributed by atoms with Gasteiger partial charge >= 0.3 is 0 Å². The number of nitrogens with zero attached hydrogens (tertiary/aromatic N) is 2. The van der Waals surface area contributed by atoms with E-state index in [4.69, 9.17) is 0 Å². The largest absolute Gasteiger partial charge is 0.350 e. The molecule has 5 nitrogen and oxygen atoms in total. The van der Waals surface area contributed by atoms with Crippen LogP contribution in [0.4, 0.5) is 10.1 Å². The first-order valence-corrected chi connectivity index (χ1v) is 13.5. The SMILES string of the molecule is CCN1CCCC1CNC(=O)c1ccc2c(c1)N(Cc1ccc(F)cc1)C(=O)/C(=C/c1ccccc1)S2. The summed E-state index contributed by atoms with van der Waals surface area (Å²) >= 11 is 1.41. The van der Waals surface area contributed by atoms with E-state index in [1.165, 1.54) is 23.9 Å². The molecule has 0 spiro atoms. The molecule has 0 aliphatic carbocycles. The topological polar surface area (TPSA) is 52.7 Å². The first-order valence-electron chi connectivity index (χ1n) is 12.7. The molecule has 2 heterocycles. The average molecular weight is 516 g/mol. The lowest BCUT2D eigenvalue weighted by atomic mass is 10.1. The van der Waals surface area contributed by atoms with Gasteiger partial charge in [0.1, 0.15) is 5.82 Å². The Morgan fingerprint density at radius 3 is 2.65 bits per heavy atom. The molecule has 2 aliphatic heterocycles. The zero-order valence-corrected chi connectivity index (χ0v) is 21.6. The quantitative estimate of drug-likeness (QED) is 0.409. The van der Waals surface area contributed by atoms with Crippen molar-refractivity contribution in [2.24, 2.45) is 0 Å². The molecule has 1 saturated heterocycles. The van der Waals surface area contributed by atoms with Gasteiger partial charge in [-0.1, -0.05) is 61.2 Å². The summed E-state index contributed by atoms with van der Waals surface area (Å²) in [5.74, 6) is -0.611. The van der Waals surface area contributed by atoms with Crippen LogP contribution in [0.5, 0.6) is 0 Å². The van der Waals surface area contributed by atoms with Gasteiger partial charge in [0.25, 0.3) is 11.8 Å². The van der Waals surface area contributed by atoms with Gasteiger partial charge in [-0.15, -0.1) is 0 Å². The number of likely N-dealkylation sites (tertiary alicyclic amines) is 1. The molecule has 1 N–H and O–H groups in total. The van der Waals surface area contributed by atoms with E-state index in [-0.39, 0.29) is 24.2 Å². The van der Waals surface area contributed by atoms with Gasteiger partial charge in [-0.25, -0.2) is 4.39 Å². The molecule has 0 bridgehead atoms. The zero-order valence-electron chi connectivity index (χ0n) is 20.8. The molecular weight excluding hydrogens is 485 g/mol. The van der Waals surface area contributed by atoms with Crippen LogP contribution in [0.1, 0.15) is 41.3 Å². The Balaban J connectivity index is 1.43. The summed E-state index contributed by atoms with van der Waals surface area (Å²) in [6.45, 7) is 5.09. The molecule has 0 aromatic heterocycles. The fourth-order valence-corrected chi connectivity index (χ4v) is 5.98. The Morgan fingerprint density at radius 1 is 1.11 bits per heavy atom. The molecule has 3 aromatic rings. The third-order valence-corrected chi connectivity index (χ3v) is 8.02. The lowest BCUT2D eigenvalue weighted by molar-refractivity contribution is -0.114. The number of benzene rings is 3. The summed E-state index contributed by atoms with van der Waals surface area (Å²) in [4.78, 5) is 32.3. The lowest BCUT2D eigenvalue weighted by Gasteiger charge is -2.31. The summed E-state index contributed by atoms with van der Waals surface area (Å²) in [7, 11) is 0. The highest BCUT2D eigenvalue weighted by atomic mass is 32.2. The van der Waals surface area contributed by atoms with Crippen LogP contribution < -0.4 is 10.2 Å². The number of halogens is 1. The van der Waals surface area contributed by atoms with Crippen molar-refractivity contribution in [3.05, 3.63) is 100 Å². The first kappa shape index (κ1) is 25.2. The lowest BCUT2D eigenvalue weighted by Crippen LogP contribution is -2.40. The van der Waals surface area contributed by atoms with Crippen LogP contribution in [0.25, 0.3) is 6.08 Å². The third-order valence-electron chi connectivity index (χ3n) is 6.94. The predicted octanol–water partition coefficient (Wildman–Crippen LogP) is 5.72. The monoisotopic (exact) mass is 515 g/mol. The molecule has 1 unspecified atom stereocenters. The first-order chi connectivity index (χ1) is 18.0. The van der Waals surface area contributed by atoms with Gasteiger partial charge in [-0.2, -0.15) is 0 Å². The number of hydrogen-bond acceptors (Lipinski definition) is 4. The van der Waals surface area contributed by atoms with Gasteiger partial charge in [-0.3, -0.25) is 14.5 Å². The van der Waals surface area contributed by atoms with E-state index < -0.39 is 0 Å². The second-order valence-corrected chi connectivity index (χ2v) is 10.4. The van der Waals surface area contributed by atoms with Crippen LogP contribution >= 0.6 is 11.8 Å². The number of fused-ring (bicyclic) bond motifs is 1. The van der Waals surface area contributed by atoms with Crippen molar-refractivity contribution < 1.29 is 14.0 Å². The Kier molecular flexibility index (Phi) is 7.72. The van der Waals surface area contributed by atoms with Crippen LogP contribution in [0.15, 0.2) is 82.6 Å². The summed E-state index contributed by atoms with van der Waals surface area (Å²) in [5, 5.41) is 3.09. The highest BCUT2D eigenvalue weighted by Crippen LogP contribution is 2.43. The number of nitrogens with one attached hydrogen (secondary N) is 1. The average Bonchev–Trinajstić information content (AvgIpc) is 3.39. The maximum Gasteiger partial charge on any atom is 0.265 e. The van der Waals surface area contributed by atoms with E-state index in [0.717, 1.165) is 42.0 Å². The molecule has 1 atom stereocenters. The Hall–Kier alpha value is -3.42. The molecule has 2 aliphatic rings.